The van der Waals surface area contributed by atoms with E-state index in [1.807, 2.05) is 19.9 Å². The van der Waals surface area contributed by atoms with E-state index in [9.17, 15) is 18.0 Å². The number of pyridine rings is 2. The van der Waals surface area contributed by atoms with Crippen LogP contribution in [0.4, 0.5) is 24.8 Å². The molecule has 0 saturated carbocycles. The van der Waals surface area contributed by atoms with Crippen LogP contribution in [0.5, 0.6) is 0 Å². The van der Waals surface area contributed by atoms with E-state index in [4.69, 9.17) is 5.11 Å². The third-order valence-corrected chi connectivity index (χ3v) is 5.25. The summed E-state index contributed by atoms with van der Waals surface area (Å²) >= 11 is 0. The van der Waals surface area contributed by atoms with Gasteiger partial charge in [-0.1, -0.05) is 6.07 Å². The Balaban J connectivity index is 1.64. The van der Waals surface area contributed by atoms with Crippen molar-refractivity contribution in [2.24, 2.45) is 0 Å². The van der Waals surface area contributed by atoms with Crippen molar-refractivity contribution in [2.75, 3.05) is 23.8 Å². The number of aliphatic hydroxyl groups is 1. The van der Waals surface area contributed by atoms with Gasteiger partial charge >= 0.3 is 6.18 Å². The molecule has 0 radical (unpaired) electrons. The van der Waals surface area contributed by atoms with Crippen molar-refractivity contribution in [3.05, 3.63) is 71.3 Å². The average Bonchev–Trinajstić information content (AvgIpc) is 2.83. The molecule has 3 N–H and O–H groups in total. The molecule has 4 rings (SSSR count). The van der Waals surface area contributed by atoms with Crippen LogP contribution in [0.2, 0.25) is 0 Å². The minimum Gasteiger partial charge on any atom is -0.395 e. The summed E-state index contributed by atoms with van der Waals surface area (Å²) in [6, 6.07) is 9.05. The number of aliphatic hydroxyl groups excluding tert-OH is 1. The second kappa shape index (κ2) is 9.63. The molecule has 0 unspecified atom stereocenters. The number of amides is 1. The molecule has 11 heteroatoms. The first-order chi connectivity index (χ1) is 16.7. The largest absolute Gasteiger partial charge is 0.433 e. The van der Waals surface area contributed by atoms with E-state index >= 15 is 0 Å². The van der Waals surface area contributed by atoms with Crippen LogP contribution in [0.25, 0.3) is 22.2 Å². The number of aryl methyl sites for hydroxylation is 2. The summed E-state index contributed by atoms with van der Waals surface area (Å²) in [5.41, 5.74) is 2.82. The number of aromatic nitrogens is 4. The molecule has 3 aromatic heterocycles. The molecule has 0 atom stereocenters. The lowest BCUT2D eigenvalue weighted by atomic mass is 9.98. The van der Waals surface area contributed by atoms with Gasteiger partial charge < -0.3 is 15.7 Å². The summed E-state index contributed by atoms with van der Waals surface area (Å²) in [6.07, 6.45) is -2.07. The number of carbonyl (C=O) groups excluding carboxylic acids is 1. The molecule has 0 bridgehead atoms. The smallest absolute Gasteiger partial charge is 0.395 e. The SMILES string of the molecule is Cc1ccc(NC(=O)c2ccnc(C(F)(F)F)c2)cc1-c1cc2cnc(NCCO)nc2nc1C. The van der Waals surface area contributed by atoms with Crippen molar-refractivity contribution in [3.63, 3.8) is 0 Å². The quantitative estimate of drug-likeness (QED) is 0.374. The van der Waals surface area contributed by atoms with E-state index in [2.05, 4.69) is 30.6 Å². The van der Waals surface area contributed by atoms with Gasteiger partial charge in [0.05, 0.1) is 6.61 Å². The van der Waals surface area contributed by atoms with Crippen LogP contribution < -0.4 is 10.6 Å². The first-order valence-corrected chi connectivity index (χ1v) is 10.6. The molecule has 0 spiro atoms. The molecular weight excluding hydrogens is 461 g/mol. The predicted molar refractivity (Wildman–Crippen MR) is 125 cm³/mol. The van der Waals surface area contributed by atoms with Gasteiger partial charge in [0.15, 0.2) is 5.65 Å². The Labute approximate surface area is 198 Å². The molecular formula is C24H21F3N6O2. The number of anilines is 2. The minimum atomic E-state index is -4.65. The molecule has 0 fully saturated rings. The second-order valence-electron chi connectivity index (χ2n) is 7.79. The molecule has 4 aromatic rings. The number of hydrogen-bond acceptors (Lipinski definition) is 7. The Hall–Kier alpha value is -4.12. The minimum absolute atomic E-state index is 0.0520. The number of nitrogens with one attached hydrogen (secondary N) is 2. The zero-order chi connectivity index (χ0) is 25.2. The Morgan fingerprint density at radius 2 is 1.83 bits per heavy atom. The van der Waals surface area contributed by atoms with Crippen LogP contribution in [0.1, 0.15) is 27.3 Å². The highest BCUT2D eigenvalue weighted by Crippen LogP contribution is 2.31. The fourth-order valence-electron chi connectivity index (χ4n) is 3.50. The van der Waals surface area contributed by atoms with Gasteiger partial charge in [-0.2, -0.15) is 18.2 Å². The number of alkyl halides is 3. The standard InChI is InChI=1S/C24H21F3N6O2/c1-13-3-4-17(32-22(35)15-5-6-28-20(10-15)24(25,26)27)11-18(13)19-9-16-12-30-23(29-7-8-34)33-21(16)31-14(19)2/h3-6,9-12,34H,7-8H2,1-2H3,(H,32,35)(H,29,30,31,33). The predicted octanol–water partition coefficient (Wildman–Crippen LogP) is 4.38. The number of nitrogens with zero attached hydrogens (tertiary/aromatic N) is 4. The van der Waals surface area contributed by atoms with Gasteiger partial charge in [0.2, 0.25) is 5.95 Å². The average molecular weight is 482 g/mol. The molecule has 0 saturated heterocycles. The van der Waals surface area contributed by atoms with Crippen molar-refractivity contribution in [1.29, 1.82) is 0 Å². The highest BCUT2D eigenvalue weighted by Gasteiger charge is 2.33. The summed E-state index contributed by atoms with van der Waals surface area (Å²) in [7, 11) is 0. The van der Waals surface area contributed by atoms with Crippen molar-refractivity contribution in [2.45, 2.75) is 20.0 Å². The van der Waals surface area contributed by atoms with Gasteiger partial charge in [0.1, 0.15) is 5.69 Å². The molecule has 35 heavy (non-hydrogen) atoms. The fourth-order valence-corrected chi connectivity index (χ4v) is 3.50. The number of fused-ring (bicyclic) bond motifs is 1. The summed E-state index contributed by atoms with van der Waals surface area (Å²) in [4.78, 5) is 29.1. The molecule has 1 aromatic carbocycles. The Morgan fingerprint density at radius 1 is 1.03 bits per heavy atom. The third kappa shape index (κ3) is 5.35. The van der Waals surface area contributed by atoms with E-state index in [1.165, 1.54) is 6.07 Å². The van der Waals surface area contributed by atoms with E-state index in [0.717, 1.165) is 22.9 Å². The highest BCUT2D eigenvalue weighted by molar-refractivity contribution is 6.04. The molecule has 0 aliphatic carbocycles. The lowest BCUT2D eigenvalue weighted by Crippen LogP contribution is -2.15. The summed E-state index contributed by atoms with van der Waals surface area (Å²) in [5.74, 6) is -0.325. The first kappa shape index (κ1) is 24.0. The number of carbonyl (C=O) groups is 1. The zero-order valence-electron chi connectivity index (χ0n) is 18.8. The molecule has 1 amide bonds. The number of hydrogen-bond donors (Lipinski definition) is 3. The van der Waals surface area contributed by atoms with Crippen LogP contribution in [0.3, 0.4) is 0 Å². The van der Waals surface area contributed by atoms with E-state index in [0.29, 0.717) is 41.0 Å². The van der Waals surface area contributed by atoms with Crippen molar-refractivity contribution >= 4 is 28.6 Å². The molecule has 3 heterocycles. The highest BCUT2D eigenvalue weighted by atomic mass is 19.4. The first-order valence-electron chi connectivity index (χ1n) is 10.6. The van der Waals surface area contributed by atoms with Gasteiger partial charge in [-0.3, -0.25) is 9.78 Å². The summed E-state index contributed by atoms with van der Waals surface area (Å²) in [6.45, 7) is 4.00. The van der Waals surface area contributed by atoms with Gasteiger partial charge in [0, 0.05) is 46.8 Å². The topological polar surface area (TPSA) is 113 Å². The van der Waals surface area contributed by atoms with Crippen molar-refractivity contribution in [1.82, 2.24) is 19.9 Å². The lowest BCUT2D eigenvalue weighted by molar-refractivity contribution is -0.141. The van der Waals surface area contributed by atoms with E-state index in [1.54, 1.807) is 24.4 Å². The van der Waals surface area contributed by atoms with Crippen LogP contribution in [0, 0.1) is 13.8 Å². The number of benzene rings is 1. The maximum absolute atomic E-state index is 12.9. The van der Waals surface area contributed by atoms with Gasteiger partial charge in [-0.25, -0.2) is 9.97 Å². The molecule has 8 nitrogen and oxygen atoms in total. The van der Waals surface area contributed by atoms with Crippen molar-refractivity contribution < 1.29 is 23.1 Å². The van der Waals surface area contributed by atoms with Crippen LogP contribution in [-0.4, -0.2) is 44.1 Å². The number of rotatable bonds is 6. The second-order valence-corrected chi connectivity index (χ2v) is 7.79. The van der Waals surface area contributed by atoms with Gasteiger partial charge in [-0.05, 0) is 55.3 Å². The third-order valence-electron chi connectivity index (χ3n) is 5.25. The zero-order valence-corrected chi connectivity index (χ0v) is 18.8. The Kier molecular flexibility index (Phi) is 6.61. The van der Waals surface area contributed by atoms with Crippen LogP contribution in [-0.2, 0) is 6.18 Å². The van der Waals surface area contributed by atoms with Gasteiger partial charge in [0.25, 0.3) is 5.91 Å². The monoisotopic (exact) mass is 482 g/mol. The molecule has 0 aliphatic rings. The fraction of sp³-hybridized carbons (Fsp3) is 0.208. The molecule has 180 valence electrons. The van der Waals surface area contributed by atoms with E-state index in [-0.39, 0.29) is 12.2 Å². The van der Waals surface area contributed by atoms with Crippen LogP contribution in [0.15, 0.2) is 48.8 Å². The number of halogens is 3. The van der Waals surface area contributed by atoms with Gasteiger partial charge in [-0.15, -0.1) is 0 Å². The summed E-state index contributed by atoms with van der Waals surface area (Å²) in [5, 5.41) is 15.2. The van der Waals surface area contributed by atoms with E-state index < -0.39 is 17.8 Å². The maximum Gasteiger partial charge on any atom is 0.433 e. The Morgan fingerprint density at radius 3 is 2.57 bits per heavy atom. The maximum atomic E-state index is 12.9. The normalized spacial score (nSPS) is 11.5. The molecule has 0 aliphatic heterocycles. The summed E-state index contributed by atoms with van der Waals surface area (Å²) < 4.78 is 38.8. The Bertz CT molecular complexity index is 1410. The van der Waals surface area contributed by atoms with Crippen LogP contribution >= 0.6 is 0 Å². The lowest BCUT2D eigenvalue weighted by Gasteiger charge is -2.14. The van der Waals surface area contributed by atoms with Crippen molar-refractivity contribution in [3.8, 4) is 11.1 Å².